The van der Waals surface area contributed by atoms with Gasteiger partial charge in [0, 0.05) is 11.5 Å². The van der Waals surface area contributed by atoms with Gasteiger partial charge in [0.1, 0.15) is 0 Å². The summed E-state index contributed by atoms with van der Waals surface area (Å²) >= 11 is 0. The van der Waals surface area contributed by atoms with Crippen LogP contribution in [0.1, 0.15) is 47.8 Å². The van der Waals surface area contributed by atoms with Crippen molar-refractivity contribution in [3.05, 3.63) is 58.7 Å². The van der Waals surface area contributed by atoms with Crippen LogP contribution in [0, 0.1) is 28.6 Å². The molecule has 3 heteroatoms. The third-order valence-corrected chi connectivity index (χ3v) is 3.84. The second-order valence-electron chi connectivity index (χ2n) is 5.73. The quantitative estimate of drug-likeness (QED) is 0.781. The number of Topliss-reactive ketones (excluding diaryl/α,β-unsaturated/α-hetero) is 1. The second kappa shape index (κ2) is 6.90. The summed E-state index contributed by atoms with van der Waals surface area (Å²) in [6, 6.07) is 15.1. The van der Waals surface area contributed by atoms with E-state index in [0.29, 0.717) is 23.1 Å². The van der Waals surface area contributed by atoms with E-state index in [0.717, 1.165) is 16.7 Å². The number of hydrogen-bond donors (Lipinski definition) is 0. The highest BCUT2D eigenvalue weighted by Crippen LogP contribution is 2.28. The fourth-order valence-electron chi connectivity index (χ4n) is 2.62. The van der Waals surface area contributed by atoms with Gasteiger partial charge in [0.05, 0.1) is 23.3 Å². The smallest absolute Gasteiger partial charge is 0.165 e. The molecule has 0 aliphatic rings. The molecule has 2 aromatic carbocycles. The van der Waals surface area contributed by atoms with E-state index < -0.39 is 0 Å². The van der Waals surface area contributed by atoms with Gasteiger partial charge in [-0.2, -0.15) is 10.5 Å². The minimum absolute atomic E-state index is 0.0386. The standard InChI is InChI=1S/C20H18N2O/c1-4-18-17(12-22)9-16(10-19(18)20(23)13(2)3)15-7-5-6-14(8-15)11-21/h5-10,13H,4H2,1-3H3. The molecule has 0 N–H and O–H groups in total. The number of rotatable bonds is 4. The Morgan fingerprint density at radius 2 is 1.83 bits per heavy atom. The van der Waals surface area contributed by atoms with Gasteiger partial charge in [-0.15, -0.1) is 0 Å². The Kier molecular flexibility index (Phi) is 4.94. The summed E-state index contributed by atoms with van der Waals surface area (Å²) in [5.41, 5.74) is 4.11. The first-order chi connectivity index (χ1) is 11.0. The van der Waals surface area contributed by atoms with Crippen molar-refractivity contribution in [2.75, 3.05) is 0 Å². The fraction of sp³-hybridized carbons (Fsp3) is 0.250. The Balaban J connectivity index is 2.71. The maximum atomic E-state index is 12.5. The Hall–Kier alpha value is -2.91. The lowest BCUT2D eigenvalue weighted by atomic mass is 9.88. The summed E-state index contributed by atoms with van der Waals surface area (Å²) in [4.78, 5) is 12.5. The van der Waals surface area contributed by atoms with E-state index in [9.17, 15) is 10.1 Å². The van der Waals surface area contributed by atoms with Crippen molar-refractivity contribution in [3.63, 3.8) is 0 Å². The SMILES string of the molecule is CCc1c(C#N)cc(-c2cccc(C#N)c2)cc1C(=O)C(C)C. The summed E-state index contributed by atoms with van der Waals surface area (Å²) < 4.78 is 0. The second-order valence-corrected chi connectivity index (χ2v) is 5.73. The van der Waals surface area contributed by atoms with Crippen LogP contribution in [-0.4, -0.2) is 5.78 Å². The molecule has 0 unspecified atom stereocenters. The maximum Gasteiger partial charge on any atom is 0.165 e. The molecule has 3 nitrogen and oxygen atoms in total. The molecule has 0 amide bonds. The van der Waals surface area contributed by atoms with Crippen molar-refractivity contribution in [1.82, 2.24) is 0 Å². The van der Waals surface area contributed by atoms with Gasteiger partial charge in [0.2, 0.25) is 0 Å². The van der Waals surface area contributed by atoms with Crippen LogP contribution in [0.5, 0.6) is 0 Å². The highest BCUT2D eigenvalue weighted by molar-refractivity contribution is 6.00. The fourth-order valence-corrected chi connectivity index (χ4v) is 2.62. The van der Waals surface area contributed by atoms with Gasteiger partial charge in [-0.05, 0) is 47.4 Å². The topological polar surface area (TPSA) is 64.7 Å². The average molecular weight is 302 g/mol. The molecule has 0 bridgehead atoms. The zero-order chi connectivity index (χ0) is 17.0. The monoisotopic (exact) mass is 302 g/mol. The molecule has 0 fully saturated rings. The lowest BCUT2D eigenvalue weighted by molar-refractivity contribution is 0.0938. The zero-order valence-electron chi connectivity index (χ0n) is 13.6. The van der Waals surface area contributed by atoms with E-state index in [1.54, 1.807) is 24.3 Å². The summed E-state index contributed by atoms with van der Waals surface area (Å²) in [6.45, 7) is 5.66. The molecule has 0 spiro atoms. The Morgan fingerprint density at radius 3 is 2.39 bits per heavy atom. The molecule has 0 radical (unpaired) electrons. The molecule has 114 valence electrons. The van der Waals surface area contributed by atoms with E-state index in [1.165, 1.54) is 0 Å². The van der Waals surface area contributed by atoms with Crippen molar-refractivity contribution in [3.8, 4) is 23.3 Å². The van der Waals surface area contributed by atoms with Gasteiger partial charge in [-0.25, -0.2) is 0 Å². The number of benzene rings is 2. The van der Waals surface area contributed by atoms with Crippen LogP contribution in [-0.2, 0) is 6.42 Å². The van der Waals surface area contributed by atoms with Crippen molar-refractivity contribution in [1.29, 1.82) is 10.5 Å². The predicted molar refractivity (Wildman–Crippen MR) is 89.9 cm³/mol. The molecule has 0 atom stereocenters. The van der Waals surface area contributed by atoms with Crippen molar-refractivity contribution >= 4 is 5.78 Å². The lowest BCUT2D eigenvalue weighted by Crippen LogP contribution is -2.12. The molecule has 0 heterocycles. The molecule has 0 aliphatic carbocycles. The van der Waals surface area contributed by atoms with E-state index in [2.05, 4.69) is 12.1 Å². The molecule has 2 aromatic rings. The van der Waals surface area contributed by atoms with Gasteiger partial charge >= 0.3 is 0 Å². The molecule has 23 heavy (non-hydrogen) atoms. The molecule has 0 aromatic heterocycles. The van der Waals surface area contributed by atoms with Crippen LogP contribution >= 0.6 is 0 Å². The van der Waals surface area contributed by atoms with E-state index in [-0.39, 0.29) is 11.7 Å². The number of nitrogens with zero attached hydrogens (tertiary/aromatic N) is 2. The molecule has 0 aliphatic heterocycles. The third kappa shape index (κ3) is 3.30. The number of carbonyl (C=O) groups excluding carboxylic acids is 1. The average Bonchev–Trinajstić information content (AvgIpc) is 2.59. The zero-order valence-corrected chi connectivity index (χ0v) is 13.6. The van der Waals surface area contributed by atoms with E-state index in [4.69, 9.17) is 5.26 Å². The first-order valence-electron chi connectivity index (χ1n) is 7.63. The summed E-state index contributed by atoms with van der Waals surface area (Å²) in [7, 11) is 0. The Bertz CT molecular complexity index is 836. The lowest BCUT2D eigenvalue weighted by Gasteiger charge is -2.14. The van der Waals surface area contributed by atoms with Crippen LogP contribution in [0.2, 0.25) is 0 Å². The van der Waals surface area contributed by atoms with Crippen LogP contribution in [0.4, 0.5) is 0 Å². The highest BCUT2D eigenvalue weighted by atomic mass is 16.1. The number of nitriles is 2. The number of carbonyl (C=O) groups is 1. The molecular formula is C20H18N2O. The minimum atomic E-state index is -0.132. The van der Waals surface area contributed by atoms with Gasteiger partial charge in [0.25, 0.3) is 0 Å². The summed E-state index contributed by atoms with van der Waals surface area (Å²) in [6.07, 6.45) is 0.634. The first kappa shape index (κ1) is 16.5. The normalized spacial score (nSPS) is 10.2. The van der Waals surface area contributed by atoms with E-state index in [1.807, 2.05) is 32.9 Å². The molecule has 0 saturated heterocycles. The van der Waals surface area contributed by atoms with Gasteiger partial charge in [-0.1, -0.05) is 32.9 Å². The number of ketones is 1. The summed E-state index contributed by atoms with van der Waals surface area (Å²) in [5.74, 6) is -0.0934. The Morgan fingerprint density at radius 1 is 1.09 bits per heavy atom. The van der Waals surface area contributed by atoms with Gasteiger partial charge in [-0.3, -0.25) is 4.79 Å². The number of hydrogen-bond acceptors (Lipinski definition) is 3. The summed E-state index contributed by atoms with van der Waals surface area (Å²) in [5, 5.41) is 18.5. The van der Waals surface area contributed by atoms with Crippen LogP contribution in [0.3, 0.4) is 0 Å². The van der Waals surface area contributed by atoms with Gasteiger partial charge < -0.3 is 0 Å². The molecule has 2 rings (SSSR count). The van der Waals surface area contributed by atoms with Crippen molar-refractivity contribution in [2.24, 2.45) is 5.92 Å². The molecule has 0 saturated carbocycles. The minimum Gasteiger partial charge on any atom is -0.294 e. The largest absolute Gasteiger partial charge is 0.294 e. The predicted octanol–water partition coefficient (Wildman–Crippen LogP) is 4.50. The maximum absolute atomic E-state index is 12.5. The van der Waals surface area contributed by atoms with Crippen LogP contribution in [0.25, 0.3) is 11.1 Å². The van der Waals surface area contributed by atoms with Gasteiger partial charge in [0.15, 0.2) is 5.78 Å². The first-order valence-corrected chi connectivity index (χ1v) is 7.63. The van der Waals surface area contributed by atoms with Crippen molar-refractivity contribution in [2.45, 2.75) is 27.2 Å². The van der Waals surface area contributed by atoms with Crippen molar-refractivity contribution < 1.29 is 4.79 Å². The van der Waals surface area contributed by atoms with Crippen LogP contribution < -0.4 is 0 Å². The Labute approximate surface area is 136 Å². The van der Waals surface area contributed by atoms with E-state index >= 15 is 0 Å². The molecular weight excluding hydrogens is 284 g/mol. The highest BCUT2D eigenvalue weighted by Gasteiger charge is 2.18. The van der Waals surface area contributed by atoms with Crippen LogP contribution in [0.15, 0.2) is 36.4 Å². The third-order valence-electron chi connectivity index (χ3n) is 3.84.